The highest BCUT2D eigenvalue weighted by molar-refractivity contribution is 5.99. The summed E-state index contributed by atoms with van der Waals surface area (Å²) < 4.78 is 5.41. The summed E-state index contributed by atoms with van der Waals surface area (Å²) in [4.78, 5) is 14.3. The molecule has 1 aliphatic rings. The van der Waals surface area contributed by atoms with Crippen LogP contribution in [0.2, 0.25) is 0 Å². The second-order valence-electron chi connectivity index (χ2n) is 5.91. The Labute approximate surface area is 142 Å². The summed E-state index contributed by atoms with van der Waals surface area (Å²) in [5.41, 5.74) is 2.73. The highest BCUT2D eigenvalue weighted by Crippen LogP contribution is 2.23. The number of benzene rings is 2. The molecular formula is C19H23N3O2. The lowest BCUT2D eigenvalue weighted by Crippen LogP contribution is -2.36. The van der Waals surface area contributed by atoms with Crippen LogP contribution < -0.4 is 15.5 Å². The van der Waals surface area contributed by atoms with Crippen LogP contribution >= 0.6 is 0 Å². The Kier molecular flexibility index (Phi) is 5.33. The van der Waals surface area contributed by atoms with Gasteiger partial charge in [0, 0.05) is 37.3 Å². The Morgan fingerprint density at radius 3 is 2.12 bits per heavy atom. The topological polar surface area (TPSA) is 53.6 Å². The number of rotatable bonds is 4. The fraction of sp³-hybridized carbons (Fsp3) is 0.316. The maximum Gasteiger partial charge on any atom is 0.323 e. The smallest absolute Gasteiger partial charge is 0.323 e. The van der Waals surface area contributed by atoms with Gasteiger partial charge in [-0.1, -0.05) is 18.2 Å². The molecule has 126 valence electrons. The van der Waals surface area contributed by atoms with Gasteiger partial charge in [0.2, 0.25) is 0 Å². The van der Waals surface area contributed by atoms with Gasteiger partial charge in [-0.2, -0.15) is 0 Å². The number of nitrogens with zero attached hydrogens (tertiary/aromatic N) is 1. The van der Waals surface area contributed by atoms with Crippen molar-refractivity contribution in [2.75, 3.05) is 35.7 Å². The molecule has 0 atom stereocenters. The molecule has 0 bridgehead atoms. The molecule has 5 nitrogen and oxygen atoms in total. The largest absolute Gasteiger partial charge is 0.381 e. The van der Waals surface area contributed by atoms with Gasteiger partial charge in [0.15, 0.2) is 0 Å². The number of carbonyl (C=O) groups is 1. The number of carbonyl (C=O) groups excluding carboxylic acids is 1. The molecular weight excluding hydrogens is 302 g/mol. The van der Waals surface area contributed by atoms with E-state index in [0.29, 0.717) is 6.10 Å². The van der Waals surface area contributed by atoms with E-state index in [1.807, 2.05) is 54.6 Å². The van der Waals surface area contributed by atoms with Gasteiger partial charge < -0.3 is 20.3 Å². The first-order valence-electron chi connectivity index (χ1n) is 8.25. The van der Waals surface area contributed by atoms with Crippen molar-refractivity contribution in [3.8, 4) is 0 Å². The van der Waals surface area contributed by atoms with Crippen molar-refractivity contribution in [2.45, 2.75) is 18.9 Å². The van der Waals surface area contributed by atoms with Crippen LogP contribution in [-0.2, 0) is 4.74 Å². The third kappa shape index (κ3) is 4.26. The zero-order valence-corrected chi connectivity index (χ0v) is 13.9. The van der Waals surface area contributed by atoms with Crippen LogP contribution in [0.3, 0.4) is 0 Å². The minimum atomic E-state index is -0.241. The van der Waals surface area contributed by atoms with E-state index in [1.54, 1.807) is 7.11 Å². The summed E-state index contributed by atoms with van der Waals surface area (Å²) in [7, 11) is 1.78. The van der Waals surface area contributed by atoms with Crippen molar-refractivity contribution in [2.24, 2.45) is 0 Å². The van der Waals surface area contributed by atoms with Gasteiger partial charge in [0.1, 0.15) is 0 Å². The summed E-state index contributed by atoms with van der Waals surface area (Å²) in [6.07, 6.45) is 2.48. The number of para-hydroxylation sites is 1. The summed E-state index contributed by atoms with van der Waals surface area (Å²) >= 11 is 0. The fourth-order valence-electron chi connectivity index (χ4n) is 2.92. The van der Waals surface area contributed by atoms with Gasteiger partial charge in [0.05, 0.1) is 6.10 Å². The second-order valence-corrected chi connectivity index (χ2v) is 5.91. The summed E-state index contributed by atoms with van der Waals surface area (Å²) in [6.45, 7) is 2.00. The normalized spacial score (nSPS) is 15.1. The number of piperidine rings is 1. The lowest BCUT2D eigenvalue weighted by Gasteiger charge is -2.33. The van der Waals surface area contributed by atoms with Crippen LogP contribution in [0.1, 0.15) is 12.8 Å². The van der Waals surface area contributed by atoms with Gasteiger partial charge in [0.25, 0.3) is 0 Å². The summed E-state index contributed by atoms with van der Waals surface area (Å²) in [5, 5.41) is 5.65. The molecule has 0 spiro atoms. The molecule has 2 N–H and O–H groups in total. The Morgan fingerprint density at radius 2 is 1.54 bits per heavy atom. The quantitative estimate of drug-likeness (QED) is 0.895. The van der Waals surface area contributed by atoms with E-state index in [2.05, 4.69) is 15.5 Å². The van der Waals surface area contributed by atoms with Crippen molar-refractivity contribution in [1.82, 2.24) is 0 Å². The Bertz CT molecular complexity index is 650. The predicted molar refractivity (Wildman–Crippen MR) is 97.8 cm³/mol. The molecule has 0 aromatic heterocycles. The van der Waals surface area contributed by atoms with Crippen molar-refractivity contribution in [3.63, 3.8) is 0 Å². The number of urea groups is 1. The molecule has 3 rings (SSSR count). The molecule has 2 aromatic rings. The third-order valence-corrected chi connectivity index (χ3v) is 4.30. The number of nitrogens with one attached hydrogen (secondary N) is 2. The minimum absolute atomic E-state index is 0.241. The zero-order valence-electron chi connectivity index (χ0n) is 13.9. The maximum atomic E-state index is 12.0. The number of hydrogen-bond acceptors (Lipinski definition) is 3. The Balaban J connectivity index is 1.54. The monoisotopic (exact) mass is 325 g/mol. The summed E-state index contributed by atoms with van der Waals surface area (Å²) in [5.74, 6) is 0. The molecule has 0 radical (unpaired) electrons. The molecule has 2 aromatic carbocycles. The number of ether oxygens (including phenoxy) is 1. The molecule has 1 saturated heterocycles. The van der Waals surface area contributed by atoms with E-state index >= 15 is 0 Å². The zero-order chi connectivity index (χ0) is 16.8. The molecule has 1 heterocycles. The number of methoxy groups -OCH3 is 1. The van der Waals surface area contributed by atoms with E-state index in [4.69, 9.17) is 4.74 Å². The van der Waals surface area contributed by atoms with Gasteiger partial charge in [-0.25, -0.2) is 4.79 Å². The van der Waals surface area contributed by atoms with E-state index in [9.17, 15) is 4.79 Å². The predicted octanol–water partition coefficient (Wildman–Crippen LogP) is 3.95. The maximum absolute atomic E-state index is 12.0. The summed E-state index contributed by atoms with van der Waals surface area (Å²) in [6, 6.07) is 17.1. The molecule has 0 unspecified atom stereocenters. The average molecular weight is 325 g/mol. The van der Waals surface area contributed by atoms with Crippen LogP contribution in [0.5, 0.6) is 0 Å². The van der Waals surface area contributed by atoms with E-state index in [-0.39, 0.29) is 6.03 Å². The standard InChI is InChI=1S/C19H23N3O2/c1-24-18-11-13-22(14-12-18)17-9-7-16(8-10-17)21-19(23)20-15-5-3-2-4-6-15/h2-10,18H,11-14H2,1H3,(H2,20,21,23). The highest BCUT2D eigenvalue weighted by atomic mass is 16.5. The SMILES string of the molecule is COC1CCN(c2ccc(NC(=O)Nc3ccccc3)cc2)CC1. The van der Waals surface area contributed by atoms with Gasteiger partial charge >= 0.3 is 6.03 Å². The van der Waals surface area contributed by atoms with Crippen LogP contribution in [0.4, 0.5) is 21.9 Å². The molecule has 0 aliphatic carbocycles. The lowest BCUT2D eigenvalue weighted by atomic mass is 10.1. The van der Waals surface area contributed by atoms with E-state index < -0.39 is 0 Å². The number of amides is 2. The van der Waals surface area contributed by atoms with Crippen LogP contribution in [0, 0.1) is 0 Å². The van der Waals surface area contributed by atoms with E-state index in [0.717, 1.165) is 37.3 Å². The van der Waals surface area contributed by atoms with Gasteiger partial charge in [-0.05, 0) is 49.2 Å². The molecule has 5 heteroatoms. The molecule has 2 amide bonds. The Hall–Kier alpha value is -2.53. The van der Waals surface area contributed by atoms with Crippen LogP contribution in [0.15, 0.2) is 54.6 Å². The molecule has 1 aliphatic heterocycles. The Morgan fingerprint density at radius 1 is 0.958 bits per heavy atom. The number of hydrogen-bond donors (Lipinski definition) is 2. The third-order valence-electron chi connectivity index (χ3n) is 4.30. The average Bonchev–Trinajstić information content (AvgIpc) is 2.63. The lowest BCUT2D eigenvalue weighted by molar-refractivity contribution is 0.0819. The van der Waals surface area contributed by atoms with Gasteiger partial charge in [-0.3, -0.25) is 0 Å². The highest BCUT2D eigenvalue weighted by Gasteiger charge is 2.18. The van der Waals surface area contributed by atoms with Crippen molar-refractivity contribution >= 4 is 23.1 Å². The minimum Gasteiger partial charge on any atom is -0.381 e. The first-order chi connectivity index (χ1) is 11.7. The van der Waals surface area contributed by atoms with E-state index in [1.165, 1.54) is 5.69 Å². The van der Waals surface area contributed by atoms with Crippen LogP contribution in [-0.4, -0.2) is 32.3 Å². The molecule has 0 saturated carbocycles. The second kappa shape index (κ2) is 7.84. The van der Waals surface area contributed by atoms with Crippen molar-refractivity contribution in [3.05, 3.63) is 54.6 Å². The van der Waals surface area contributed by atoms with Crippen molar-refractivity contribution < 1.29 is 9.53 Å². The fourth-order valence-corrected chi connectivity index (χ4v) is 2.92. The first-order valence-corrected chi connectivity index (χ1v) is 8.25. The molecule has 1 fully saturated rings. The van der Waals surface area contributed by atoms with Crippen molar-refractivity contribution in [1.29, 1.82) is 0 Å². The van der Waals surface area contributed by atoms with Crippen LogP contribution in [0.25, 0.3) is 0 Å². The van der Waals surface area contributed by atoms with Gasteiger partial charge in [-0.15, -0.1) is 0 Å². The molecule has 24 heavy (non-hydrogen) atoms. The first kappa shape index (κ1) is 16.3. The number of anilines is 3.